The van der Waals surface area contributed by atoms with E-state index in [1.807, 2.05) is 0 Å². The standard InChI is InChI=1S/C14H17N3O5/c1-20-5-4-15-13(18)7-14(19)17-16-8-10-2-3-11-12(6-10)22-9-21-11/h2-3,6,8H,4-5,7,9H2,1H3,(H,15,18)(H,17,19)/b16-8-. The van der Waals surface area contributed by atoms with Gasteiger partial charge in [0.15, 0.2) is 11.5 Å². The molecule has 2 N–H and O–H groups in total. The van der Waals surface area contributed by atoms with Gasteiger partial charge in [-0.25, -0.2) is 5.43 Å². The highest BCUT2D eigenvalue weighted by Gasteiger charge is 2.12. The molecule has 2 amide bonds. The second-order valence-corrected chi connectivity index (χ2v) is 4.43. The first-order valence-electron chi connectivity index (χ1n) is 6.66. The summed E-state index contributed by atoms with van der Waals surface area (Å²) in [6.07, 6.45) is 1.17. The molecular formula is C14H17N3O5. The number of nitrogens with zero attached hydrogens (tertiary/aromatic N) is 1. The Kier molecular flexibility index (Phi) is 5.73. The molecule has 1 aliphatic heterocycles. The van der Waals surface area contributed by atoms with Crippen LogP contribution in [0.3, 0.4) is 0 Å². The van der Waals surface area contributed by atoms with Crippen LogP contribution in [0.4, 0.5) is 0 Å². The monoisotopic (exact) mass is 307 g/mol. The highest BCUT2D eigenvalue weighted by molar-refractivity contribution is 5.97. The summed E-state index contributed by atoms with van der Waals surface area (Å²) >= 11 is 0. The van der Waals surface area contributed by atoms with Gasteiger partial charge in [-0.05, 0) is 23.8 Å². The van der Waals surface area contributed by atoms with E-state index >= 15 is 0 Å². The van der Waals surface area contributed by atoms with Crippen molar-refractivity contribution in [3.63, 3.8) is 0 Å². The molecular weight excluding hydrogens is 290 g/mol. The molecule has 0 aromatic heterocycles. The number of hydrogen-bond donors (Lipinski definition) is 2. The topological polar surface area (TPSA) is 98.2 Å². The van der Waals surface area contributed by atoms with Crippen LogP contribution in [-0.4, -0.2) is 45.1 Å². The molecule has 0 aliphatic carbocycles. The number of carbonyl (C=O) groups is 2. The summed E-state index contributed by atoms with van der Waals surface area (Å²) in [5, 5.41) is 6.33. The van der Waals surface area contributed by atoms with Crippen LogP contribution in [0.1, 0.15) is 12.0 Å². The summed E-state index contributed by atoms with van der Waals surface area (Å²) in [7, 11) is 1.53. The van der Waals surface area contributed by atoms with Crippen molar-refractivity contribution in [2.24, 2.45) is 5.10 Å². The van der Waals surface area contributed by atoms with Gasteiger partial charge in [0.05, 0.1) is 12.8 Å². The molecule has 118 valence electrons. The number of nitrogens with one attached hydrogen (secondary N) is 2. The zero-order valence-electron chi connectivity index (χ0n) is 12.1. The van der Waals surface area contributed by atoms with Crippen molar-refractivity contribution in [1.29, 1.82) is 0 Å². The summed E-state index contributed by atoms with van der Waals surface area (Å²) in [5.41, 5.74) is 3.03. The molecule has 8 nitrogen and oxygen atoms in total. The fourth-order valence-electron chi connectivity index (χ4n) is 1.71. The van der Waals surface area contributed by atoms with Crippen LogP contribution in [0, 0.1) is 0 Å². The van der Waals surface area contributed by atoms with E-state index in [-0.39, 0.29) is 19.1 Å². The quantitative estimate of drug-likeness (QED) is 0.320. The molecule has 0 fully saturated rings. The number of fused-ring (bicyclic) bond motifs is 1. The van der Waals surface area contributed by atoms with E-state index in [4.69, 9.17) is 14.2 Å². The third kappa shape index (κ3) is 4.74. The summed E-state index contributed by atoms with van der Waals surface area (Å²) in [6.45, 7) is 0.962. The lowest BCUT2D eigenvalue weighted by molar-refractivity contribution is -0.129. The van der Waals surface area contributed by atoms with Crippen LogP contribution in [0.15, 0.2) is 23.3 Å². The van der Waals surface area contributed by atoms with Gasteiger partial charge in [0.1, 0.15) is 6.42 Å². The van der Waals surface area contributed by atoms with E-state index in [0.717, 1.165) is 5.56 Å². The SMILES string of the molecule is COCCNC(=O)CC(=O)N/N=C\c1ccc2c(c1)OCO2. The van der Waals surface area contributed by atoms with Crippen LogP contribution >= 0.6 is 0 Å². The minimum atomic E-state index is -0.494. The van der Waals surface area contributed by atoms with Crippen LogP contribution in [-0.2, 0) is 14.3 Å². The Bertz CT molecular complexity index is 574. The van der Waals surface area contributed by atoms with Crippen molar-refractivity contribution in [3.8, 4) is 11.5 Å². The fraction of sp³-hybridized carbons (Fsp3) is 0.357. The third-order valence-electron chi connectivity index (χ3n) is 2.75. The molecule has 0 unspecified atom stereocenters. The number of hydrogen-bond acceptors (Lipinski definition) is 6. The minimum Gasteiger partial charge on any atom is -0.454 e. The van der Waals surface area contributed by atoms with E-state index in [0.29, 0.717) is 24.7 Å². The lowest BCUT2D eigenvalue weighted by atomic mass is 10.2. The second-order valence-electron chi connectivity index (χ2n) is 4.43. The highest BCUT2D eigenvalue weighted by Crippen LogP contribution is 2.31. The lowest BCUT2D eigenvalue weighted by Crippen LogP contribution is -2.31. The average Bonchev–Trinajstić information content (AvgIpc) is 2.95. The molecule has 8 heteroatoms. The minimum absolute atomic E-state index is 0.199. The first-order valence-corrected chi connectivity index (χ1v) is 6.66. The highest BCUT2D eigenvalue weighted by atomic mass is 16.7. The zero-order chi connectivity index (χ0) is 15.8. The number of amides is 2. The third-order valence-corrected chi connectivity index (χ3v) is 2.75. The van der Waals surface area contributed by atoms with Gasteiger partial charge in [0.2, 0.25) is 18.6 Å². The van der Waals surface area contributed by atoms with Crippen molar-refractivity contribution in [2.75, 3.05) is 27.1 Å². The molecule has 1 aromatic carbocycles. The number of rotatable bonds is 7. The Balaban J connectivity index is 1.75. The maximum atomic E-state index is 11.5. The number of hydrazone groups is 1. The van der Waals surface area contributed by atoms with Gasteiger partial charge in [-0.3, -0.25) is 9.59 Å². The normalized spacial score (nSPS) is 12.4. The smallest absolute Gasteiger partial charge is 0.249 e. The van der Waals surface area contributed by atoms with Gasteiger partial charge in [0, 0.05) is 13.7 Å². The second kappa shape index (κ2) is 7.99. The molecule has 0 atom stereocenters. The van der Waals surface area contributed by atoms with Crippen molar-refractivity contribution in [3.05, 3.63) is 23.8 Å². The van der Waals surface area contributed by atoms with Gasteiger partial charge in [-0.2, -0.15) is 5.10 Å². The van der Waals surface area contributed by atoms with Gasteiger partial charge in [-0.1, -0.05) is 0 Å². The van der Waals surface area contributed by atoms with Crippen molar-refractivity contribution >= 4 is 18.0 Å². The number of ether oxygens (including phenoxy) is 3. The lowest BCUT2D eigenvalue weighted by Gasteiger charge is -2.03. The zero-order valence-corrected chi connectivity index (χ0v) is 12.1. The summed E-state index contributed by atoms with van der Waals surface area (Å²) in [6, 6.07) is 5.28. The van der Waals surface area contributed by atoms with E-state index in [2.05, 4.69) is 15.8 Å². The molecule has 1 aromatic rings. The first kappa shape index (κ1) is 15.8. The Hall–Kier alpha value is -2.61. The van der Waals surface area contributed by atoms with Gasteiger partial charge in [0.25, 0.3) is 0 Å². The summed E-state index contributed by atoms with van der Waals surface area (Å²) in [5.74, 6) is 0.432. The van der Waals surface area contributed by atoms with Crippen molar-refractivity contribution < 1.29 is 23.8 Å². The number of carbonyl (C=O) groups excluding carboxylic acids is 2. The molecule has 0 bridgehead atoms. The van der Waals surface area contributed by atoms with Crippen LogP contribution < -0.4 is 20.2 Å². The Morgan fingerprint density at radius 1 is 1.32 bits per heavy atom. The van der Waals surface area contributed by atoms with Gasteiger partial charge >= 0.3 is 0 Å². The van der Waals surface area contributed by atoms with E-state index in [9.17, 15) is 9.59 Å². The fourth-order valence-corrected chi connectivity index (χ4v) is 1.71. The first-order chi connectivity index (χ1) is 10.7. The molecule has 0 saturated heterocycles. The molecule has 1 aliphatic rings. The number of benzene rings is 1. The molecule has 0 saturated carbocycles. The van der Waals surface area contributed by atoms with E-state index < -0.39 is 5.91 Å². The molecule has 0 spiro atoms. The molecule has 1 heterocycles. The number of methoxy groups -OCH3 is 1. The van der Waals surface area contributed by atoms with Crippen molar-refractivity contribution in [1.82, 2.24) is 10.7 Å². The van der Waals surface area contributed by atoms with Gasteiger partial charge < -0.3 is 19.5 Å². The Labute approximate surface area is 127 Å². The van der Waals surface area contributed by atoms with E-state index in [1.54, 1.807) is 18.2 Å². The van der Waals surface area contributed by atoms with Crippen LogP contribution in [0.2, 0.25) is 0 Å². The molecule has 0 radical (unpaired) electrons. The average molecular weight is 307 g/mol. The molecule has 22 heavy (non-hydrogen) atoms. The largest absolute Gasteiger partial charge is 0.454 e. The van der Waals surface area contributed by atoms with E-state index in [1.165, 1.54) is 13.3 Å². The van der Waals surface area contributed by atoms with Crippen molar-refractivity contribution in [2.45, 2.75) is 6.42 Å². The van der Waals surface area contributed by atoms with Crippen LogP contribution in [0.25, 0.3) is 0 Å². The predicted molar refractivity (Wildman–Crippen MR) is 77.8 cm³/mol. The summed E-state index contributed by atoms with van der Waals surface area (Å²) in [4.78, 5) is 22.9. The molecule has 2 rings (SSSR count). The Morgan fingerprint density at radius 3 is 2.95 bits per heavy atom. The summed E-state index contributed by atoms with van der Waals surface area (Å²) < 4.78 is 15.2. The predicted octanol–water partition coefficient (Wildman–Crippen LogP) is 0.0181. The van der Waals surface area contributed by atoms with Crippen LogP contribution in [0.5, 0.6) is 11.5 Å². The maximum Gasteiger partial charge on any atom is 0.249 e. The maximum absolute atomic E-state index is 11.5. The van der Waals surface area contributed by atoms with Gasteiger partial charge in [-0.15, -0.1) is 0 Å². The Morgan fingerprint density at radius 2 is 2.14 bits per heavy atom.